The van der Waals surface area contributed by atoms with Crippen LogP contribution in [0.1, 0.15) is 50.5 Å². The minimum absolute atomic E-state index is 0.00576. The highest BCUT2D eigenvalue weighted by atomic mass is 35.5. The van der Waals surface area contributed by atoms with E-state index >= 15 is 0 Å². The van der Waals surface area contributed by atoms with Crippen molar-refractivity contribution in [3.63, 3.8) is 0 Å². The average molecular weight is 418 g/mol. The maximum Gasteiger partial charge on any atom is 0.295 e. The highest BCUT2D eigenvalue weighted by Gasteiger charge is 2.47. The summed E-state index contributed by atoms with van der Waals surface area (Å²) < 4.78 is 11.0. The Hall–Kier alpha value is -2.73. The Labute approximate surface area is 174 Å². The third-order valence-electron chi connectivity index (χ3n) is 4.86. The van der Waals surface area contributed by atoms with Crippen LogP contribution in [0.25, 0.3) is 5.76 Å². The molecular formula is C22H24ClNO5. The lowest BCUT2D eigenvalue weighted by molar-refractivity contribution is -0.140. The van der Waals surface area contributed by atoms with Crippen LogP contribution < -0.4 is 4.74 Å². The van der Waals surface area contributed by atoms with Crippen LogP contribution in [0.4, 0.5) is 0 Å². The van der Waals surface area contributed by atoms with E-state index in [9.17, 15) is 14.7 Å². The molecule has 0 aliphatic carbocycles. The number of nitrogens with zero attached hydrogens (tertiary/aromatic N) is 1. The van der Waals surface area contributed by atoms with Crippen LogP contribution in [0.2, 0.25) is 5.02 Å². The summed E-state index contributed by atoms with van der Waals surface area (Å²) in [5.41, 5.74) is 0.354. The zero-order valence-electron chi connectivity index (χ0n) is 16.5. The number of ether oxygens (including phenoxy) is 1. The van der Waals surface area contributed by atoms with E-state index in [-0.39, 0.29) is 11.3 Å². The normalized spacial score (nSPS) is 18.4. The second kappa shape index (κ2) is 9.18. The number of furan rings is 1. The van der Waals surface area contributed by atoms with Gasteiger partial charge >= 0.3 is 0 Å². The molecule has 1 saturated heterocycles. The van der Waals surface area contributed by atoms with Crippen LogP contribution in [-0.4, -0.2) is 34.8 Å². The highest BCUT2D eigenvalue weighted by molar-refractivity contribution is 6.46. The number of aliphatic hydroxyl groups is 1. The number of aliphatic hydroxyl groups excluding tert-OH is 1. The number of ketones is 1. The van der Waals surface area contributed by atoms with Crippen LogP contribution in [0.5, 0.6) is 5.75 Å². The Bertz CT molecular complexity index is 919. The van der Waals surface area contributed by atoms with E-state index in [1.807, 2.05) is 6.92 Å². The number of carbonyl (C=O) groups excluding carboxylic acids is 2. The Morgan fingerprint density at radius 1 is 1.24 bits per heavy atom. The van der Waals surface area contributed by atoms with E-state index in [1.54, 1.807) is 30.3 Å². The summed E-state index contributed by atoms with van der Waals surface area (Å²) in [6.07, 6.45) is 4.16. The molecule has 1 amide bonds. The fourth-order valence-electron chi connectivity index (χ4n) is 3.46. The standard InChI is InChI=1S/C22H24ClNO5/c1-3-5-6-11-24-19(16-8-7-12-29-16)18(21(26)22(24)27)20(25)14-9-10-15(23)17(13-14)28-4-2/h7-10,12-13,19,25H,3-6,11H2,1-2H3/b20-18-. The van der Waals surface area contributed by atoms with E-state index in [4.69, 9.17) is 20.8 Å². The molecule has 1 fully saturated rings. The first-order valence-corrected chi connectivity index (χ1v) is 10.1. The first-order chi connectivity index (χ1) is 14.0. The molecule has 1 N–H and O–H groups in total. The zero-order valence-corrected chi connectivity index (χ0v) is 17.2. The van der Waals surface area contributed by atoms with Gasteiger partial charge in [0, 0.05) is 12.1 Å². The number of likely N-dealkylation sites (tertiary alicyclic amines) is 1. The SMILES string of the molecule is CCCCCN1C(=O)C(=O)/C(=C(\O)c2ccc(Cl)c(OCC)c2)C1c1ccco1. The largest absolute Gasteiger partial charge is 0.507 e. The summed E-state index contributed by atoms with van der Waals surface area (Å²) in [7, 11) is 0. The molecule has 29 heavy (non-hydrogen) atoms. The topological polar surface area (TPSA) is 80.0 Å². The van der Waals surface area contributed by atoms with Crippen LogP contribution in [0, 0.1) is 0 Å². The summed E-state index contributed by atoms with van der Waals surface area (Å²) in [4.78, 5) is 27.0. The fourth-order valence-corrected chi connectivity index (χ4v) is 3.63. The number of halogens is 1. The lowest BCUT2D eigenvalue weighted by Gasteiger charge is -2.23. The van der Waals surface area contributed by atoms with Gasteiger partial charge in [0.05, 0.1) is 23.5 Å². The Morgan fingerprint density at radius 3 is 2.69 bits per heavy atom. The van der Waals surface area contributed by atoms with Crippen molar-refractivity contribution in [2.24, 2.45) is 0 Å². The summed E-state index contributed by atoms with van der Waals surface area (Å²) in [5.74, 6) is -0.817. The van der Waals surface area contributed by atoms with Gasteiger partial charge in [0.25, 0.3) is 11.7 Å². The molecule has 1 aromatic heterocycles. The van der Waals surface area contributed by atoms with Crippen molar-refractivity contribution in [1.29, 1.82) is 0 Å². The van der Waals surface area contributed by atoms with Crippen LogP contribution >= 0.6 is 11.6 Å². The summed E-state index contributed by atoms with van der Waals surface area (Å²) in [5, 5.41) is 11.4. The predicted octanol–water partition coefficient (Wildman–Crippen LogP) is 4.94. The lowest BCUT2D eigenvalue weighted by atomic mass is 9.99. The monoisotopic (exact) mass is 417 g/mol. The molecule has 1 aliphatic heterocycles. The van der Waals surface area contributed by atoms with E-state index in [2.05, 4.69) is 6.92 Å². The Kier molecular flexibility index (Phi) is 6.64. The Balaban J connectivity index is 2.08. The zero-order chi connectivity index (χ0) is 21.0. The smallest absolute Gasteiger partial charge is 0.295 e. The van der Waals surface area contributed by atoms with Gasteiger partial charge in [-0.05, 0) is 43.7 Å². The average Bonchev–Trinajstić information content (AvgIpc) is 3.32. The van der Waals surface area contributed by atoms with Gasteiger partial charge in [-0.2, -0.15) is 0 Å². The van der Waals surface area contributed by atoms with Gasteiger partial charge in [-0.25, -0.2) is 0 Å². The molecule has 0 bridgehead atoms. The molecule has 0 spiro atoms. The first kappa shape index (κ1) is 21.0. The number of benzene rings is 1. The number of rotatable bonds is 8. The molecule has 1 aliphatic rings. The minimum Gasteiger partial charge on any atom is -0.507 e. The molecule has 6 nitrogen and oxygen atoms in total. The molecule has 1 unspecified atom stereocenters. The molecule has 154 valence electrons. The summed E-state index contributed by atoms with van der Waals surface area (Å²) in [6.45, 7) is 4.69. The number of carbonyl (C=O) groups is 2. The number of Topliss-reactive ketones (excluding diaryl/α,β-unsaturated/α-hetero) is 1. The second-order valence-corrected chi connectivity index (χ2v) is 7.20. The molecule has 0 saturated carbocycles. The van der Waals surface area contributed by atoms with Gasteiger partial charge in [0.15, 0.2) is 0 Å². The lowest BCUT2D eigenvalue weighted by Crippen LogP contribution is -2.30. The van der Waals surface area contributed by atoms with Crippen molar-refractivity contribution in [3.8, 4) is 5.75 Å². The number of hydrogen-bond acceptors (Lipinski definition) is 5. The minimum atomic E-state index is -0.770. The maximum atomic E-state index is 12.8. The molecule has 1 atom stereocenters. The molecule has 0 radical (unpaired) electrons. The maximum absolute atomic E-state index is 12.8. The van der Waals surface area contributed by atoms with Crippen molar-refractivity contribution in [3.05, 3.63) is 58.5 Å². The first-order valence-electron chi connectivity index (χ1n) is 9.74. The van der Waals surface area contributed by atoms with Gasteiger partial charge in [-0.1, -0.05) is 31.4 Å². The van der Waals surface area contributed by atoms with E-state index in [0.717, 1.165) is 19.3 Å². The van der Waals surface area contributed by atoms with Gasteiger partial charge in [0.1, 0.15) is 23.3 Å². The van der Waals surface area contributed by atoms with Crippen LogP contribution in [0.15, 0.2) is 46.6 Å². The number of unbranched alkanes of at least 4 members (excludes halogenated alkanes) is 2. The highest BCUT2D eigenvalue weighted by Crippen LogP contribution is 2.40. The van der Waals surface area contributed by atoms with Crippen molar-refractivity contribution in [2.75, 3.05) is 13.2 Å². The van der Waals surface area contributed by atoms with Crippen molar-refractivity contribution < 1.29 is 23.8 Å². The summed E-state index contributed by atoms with van der Waals surface area (Å²) >= 11 is 6.13. The van der Waals surface area contributed by atoms with Gasteiger partial charge in [-0.15, -0.1) is 0 Å². The number of hydrogen-bond donors (Lipinski definition) is 1. The summed E-state index contributed by atoms with van der Waals surface area (Å²) in [6, 6.07) is 7.35. The number of amides is 1. The second-order valence-electron chi connectivity index (χ2n) is 6.79. The molecule has 2 aromatic rings. The van der Waals surface area contributed by atoms with E-state index in [1.165, 1.54) is 11.2 Å². The third-order valence-corrected chi connectivity index (χ3v) is 5.17. The third kappa shape index (κ3) is 4.17. The molecule has 7 heteroatoms. The van der Waals surface area contributed by atoms with E-state index < -0.39 is 17.7 Å². The fraction of sp³-hybridized carbons (Fsp3) is 0.364. The quantitative estimate of drug-likeness (QED) is 0.284. The van der Waals surface area contributed by atoms with Gasteiger partial charge < -0.3 is 19.2 Å². The molecular weight excluding hydrogens is 394 g/mol. The van der Waals surface area contributed by atoms with Crippen molar-refractivity contribution in [2.45, 2.75) is 39.2 Å². The van der Waals surface area contributed by atoms with Crippen LogP contribution in [-0.2, 0) is 9.59 Å². The Morgan fingerprint density at radius 2 is 2.03 bits per heavy atom. The molecule has 2 heterocycles. The van der Waals surface area contributed by atoms with E-state index in [0.29, 0.717) is 35.2 Å². The van der Waals surface area contributed by atoms with Crippen molar-refractivity contribution >= 4 is 29.1 Å². The van der Waals surface area contributed by atoms with Crippen LogP contribution in [0.3, 0.4) is 0 Å². The molecule has 1 aromatic carbocycles. The van der Waals surface area contributed by atoms with Gasteiger partial charge in [-0.3, -0.25) is 9.59 Å². The van der Waals surface area contributed by atoms with Gasteiger partial charge in [0.2, 0.25) is 0 Å². The van der Waals surface area contributed by atoms with Crippen molar-refractivity contribution in [1.82, 2.24) is 4.90 Å². The predicted molar refractivity (Wildman–Crippen MR) is 110 cm³/mol. The molecule has 3 rings (SSSR count).